The zero-order valence-electron chi connectivity index (χ0n) is 16.0. The summed E-state index contributed by atoms with van der Waals surface area (Å²) >= 11 is 1.71. The molecule has 2 atom stereocenters. The van der Waals surface area contributed by atoms with Gasteiger partial charge in [0.2, 0.25) is 0 Å². The van der Waals surface area contributed by atoms with Gasteiger partial charge in [0.25, 0.3) is 0 Å². The number of amides is 2. The van der Waals surface area contributed by atoms with Crippen molar-refractivity contribution >= 4 is 23.8 Å². The Balaban J connectivity index is 2.01. The number of nitrogens with one attached hydrogen (secondary N) is 1. The minimum absolute atomic E-state index is 0.0623. The van der Waals surface area contributed by atoms with Crippen molar-refractivity contribution in [2.24, 2.45) is 5.92 Å². The highest BCUT2D eigenvalue weighted by Gasteiger charge is 2.43. The molecule has 2 amide bonds. The summed E-state index contributed by atoms with van der Waals surface area (Å²) in [5.41, 5.74) is 0. The molecule has 0 spiro atoms. The van der Waals surface area contributed by atoms with Crippen LogP contribution in [0.1, 0.15) is 72.1 Å². The normalized spacial score (nSPS) is 24.6. The molecule has 0 aromatic heterocycles. The number of unbranched alkanes of at least 4 members (excludes halogenated alkanes) is 1. The zero-order valence-corrected chi connectivity index (χ0v) is 16.8. The lowest BCUT2D eigenvalue weighted by molar-refractivity contribution is -0.148. The van der Waals surface area contributed by atoms with Crippen molar-refractivity contribution in [3.05, 3.63) is 0 Å². The monoisotopic (exact) mass is 370 g/mol. The van der Waals surface area contributed by atoms with Crippen LogP contribution in [0, 0.1) is 5.92 Å². The van der Waals surface area contributed by atoms with Crippen LogP contribution in [0.4, 0.5) is 4.79 Å². The van der Waals surface area contributed by atoms with Gasteiger partial charge in [-0.3, -0.25) is 4.90 Å². The van der Waals surface area contributed by atoms with Crippen molar-refractivity contribution in [2.45, 2.75) is 89.6 Å². The second-order valence-electron chi connectivity index (χ2n) is 7.65. The third kappa shape index (κ3) is 6.08. The molecule has 0 radical (unpaired) electrons. The predicted molar refractivity (Wildman–Crippen MR) is 103 cm³/mol. The first kappa shape index (κ1) is 20.4. The average Bonchev–Trinajstić information content (AvgIpc) is 2.99. The number of thioether (sulfide) groups is 1. The van der Waals surface area contributed by atoms with Crippen molar-refractivity contribution in [2.75, 3.05) is 12.4 Å². The molecule has 2 rings (SSSR count). The van der Waals surface area contributed by atoms with E-state index in [1.54, 1.807) is 16.7 Å². The van der Waals surface area contributed by atoms with Gasteiger partial charge in [-0.15, -0.1) is 11.8 Å². The summed E-state index contributed by atoms with van der Waals surface area (Å²) in [5.74, 6) is 0.879. The second kappa shape index (κ2) is 10.3. The van der Waals surface area contributed by atoms with Gasteiger partial charge < -0.3 is 10.1 Å². The van der Waals surface area contributed by atoms with Gasteiger partial charge in [-0.1, -0.05) is 46.5 Å². The SMILES string of the molecule is CCCCOC(=O)C1CSC(CC(C)C)N1C(=O)NC1CCCCC1. The summed E-state index contributed by atoms with van der Waals surface area (Å²) in [4.78, 5) is 27.2. The molecule has 2 unspecified atom stereocenters. The van der Waals surface area contributed by atoms with Gasteiger partial charge in [0.1, 0.15) is 6.04 Å². The first-order valence-corrected chi connectivity index (χ1v) is 10.9. The smallest absolute Gasteiger partial charge is 0.329 e. The number of hydrogen-bond acceptors (Lipinski definition) is 4. The Hall–Kier alpha value is -0.910. The molecular weight excluding hydrogens is 336 g/mol. The van der Waals surface area contributed by atoms with E-state index in [1.807, 2.05) is 0 Å². The predicted octanol–water partition coefficient (Wildman–Crippen LogP) is 4.16. The number of rotatable bonds is 7. The van der Waals surface area contributed by atoms with Crippen molar-refractivity contribution in [1.29, 1.82) is 0 Å². The number of esters is 1. The highest BCUT2D eigenvalue weighted by molar-refractivity contribution is 8.00. The molecule has 1 N–H and O–H groups in total. The summed E-state index contributed by atoms with van der Waals surface area (Å²) < 4.78 is 5.42. The molecule has 0 aromatic carbocycles. The van der Waals surface area contributed by atoms with Gasteiger partial charge in [0.05, 0.1) is 12.0 Å². The molecule has 0 aromatic rings. The highest BCUT2D eigenvalue weighted by Crippen LogP contribution is 2.34. The van der Waals surface area contributed by atoms with Crippen LogP contribution in [-0.4, -0.2) is 46.7 Å². The maximum absolute atomic E-state index is 12.9. The van der Waals surface area contributed by atoms with Crippen LogP contribution in [0.25, 0.3) is 0 Å². The van der Waals surface area contributed by atoms with E-state index in [0.29, 0.717) is 18.3 Å². The highest BCUT2D eigenvalue weighted by atomic mass is 32.2. The number of hydrogen-bond donors (Lipinski definition) is 1. The third-order valence-electron chi connectivity index (χ3n) is 4.95. The molecule has 5 nitrogen and oxygen atoms in total. The Morgan fingerprint density at radius 3 is 2.60 bits per heavy atom. The largest absolute Gasteiger partial charge is 0.464 e. The van der Waals surface area contributed by atoms with Gasteiger partial charge in [-0.2, -0.15) is 0 Å². The van der Waals surface area contributed by atoms with Crippen LogP contribution in [-0.2, 0) is 9.53 Å². The van der Waals surface area contributed by atoms with Crippen molar-refractivity contribution in [3.8, 4) is 0 Å². The lowest BCUT2D eigenvalue weighted by Gasteiger charge is -2.32. The Labute approximate surface area is 156 Å². The van der Waals surface area contributed by atoms with E-state index in [-0.39, 0.29) is 23.4 Å². The van der Waals surface area contributed by atoms with E-state index in [2.05, 4.69) is 26.1 Å². The standard InChI is InChI=1S/C19H34N2O3S/c1-4-5-11-24-18(22)16-13-25-17(12-14(2)3)21(16)19(23)20-15-9-7-6-8-10-15/h14-17H,4-13H2,1-3H3,(H,20,23). The van der Waals surface area contributed by atoms with Crippen LogP contribution in [0.2, 0.25) is 0 Å². The molecule has 6 heteroatoms. The molecule has 1 aliphatic carbocycles. The minimum Gasteiger partial charge on any atom is -0.464 e. The summed E-state index contributed by atoms with van der Waals surface area (Å²) in [6, 6.07) is -0.280. The average molecular weight is 371 g/mol. The number of carbonyl (C=O) groups excluding carboxylic acids is 2. The van der Waals surface area contributed by atoms with Crippen molar-refractivity contribution in [1.82, 2.24) is 10.2 Å². The molecule has 1 aliphatic heterocycles. The number of ether oxygens (including phenoxy) is 1. The molecule has 144 valence electrons. The lowest BCUT2D eigenvalue weighted by Crippen LogP contribution is -2.53. The Morgan fingerprint density at radius 1 is 1.24 bits per heavy atom. The molecular formula is C19H34N2O3S. The molecule has 2 aliphatic rings. The van der Waals surface area contributed by atoms with E-state index in [0.717, 1.165) is 32.1 Å². The molecule has 2 fully saturated rings. The van der Waals surface area contributed by atoms with Crippen LogP contribution in [0.15, 0.2) is 0 Å². The molecule has 1 saturated carbocycles. The van der Waals surface area contributed by atoms with Crippen LogP contribution < -0.4 is 5.32 Å². The van der Waals surface area contributed by atoms with Crippen LogP contribution in [0.5, 0.6) is 0 Å². The van der Waals surface area contributed by atoms with Gasteiger partial charge in [0.15, 0.2) is 0 Å². The van der Waals surface area contributed by atoms with E-state index in [4.69, 9.17) is 4.74 Å². The summed E-state index contributed by atoms with van der Waals surface area (Å²) in [6.45, 7) is 6.83. The quantitative estimate of drug-likeness (QED) is 0.540. The second-order valence-corrected chi connectivity index (χ2v) is 8.86. The van der Waals surface area contributed by atoms with E-state index < -0.39 is 6.04 Å². The van der Waals surface area contributed by atoms with Gasteiger partial charge in [-0.25, -0.2) is 9.59 Å². The van der Waals surface area contributed by atoms with Crippen LogP contribution in [0.3, 0.4) is 0 Å². The maximum Gasteiger partial charge on any atom is 0.329 e. The minimum atomic E-state index is -0.450. The maximum atomic E-state index is 12.9. The number of urea groups is 1. The molecule has 1 heterocycles. The topological polar surface area (TPSA) is 58.6 Å². The van der Waals surface area contributed by atoms with Gasteiger partial charge in [-0.05, 0) is 31.6 Å². The first-order valence-electron chi connectivity index (χ1n) is 9.90. The number of nitrogens with zero attached hydrogens (tertiary/aromatic N) is 1. The Bertz CT molecular complexity index is 438. The number of carbonyl (C=O) groups is 2. The molecule has 25 heavy (non-hydrogen) atoms. The Kier molecular flexibility index (Phi) is 8.40. The molecule has 1 saturated heterocycles. The fourth-order valence-corrected chi connectivity index (χ4v) is 5.14. The van der Waals surface area contributed by atoms with E-state index >= 15 is 0 Å². The summed E-state index contributed by atoms with van der Waals surface area (Å²) in [7, 11) is 0. The van der Waals surface area contributed by atoms with Gasteiger partial charge in [0, 0.05) is 11.8 Å². The summed E-state index contributed by atoms with van der Waals surface area (Å²) in [6.07, 6.45) is 8.48. The fraction of sp³-hybridized carbons (Fsp3) is 0.895. The van der Waals surface area contributed by atoms with Crippen molar-refractivity contribution < 1.29 is 14.3 Å². The Morgan fingerprint density at radius 2 is 1.96 bits per heavy atom. The van der Waals surface area contributed by atoms with E-state index in [1.165, 1.54) is 19.3 Å². The van der Waals surface area contributed by atoms with Crippen LogP contribution >= 0.6 is 11.8 Å². The van der Waals surface area contributed by atoms with E-state index in [9.17, 15) is 9.59 Å². The zero-order chi connectivity index (χ0) is 18.2. The third-order valence-corrected chi connectivity index (χ3v) is 6.26. The van der Waals surface area contributed by atoms with Gasteiger partial charge >= 0.3 is 12.0 Å². The fourth-order valence-electron chi connectivity index (χ4n) is 3.51. The first-order chi connectivity index (χ1) is 12.0. The lowest BCUT2D eigenvalue weighted by atomic mass is 9.96. The van der Waals surface area contributed by atoms with Crippen molar-refractivity contribution in [3.63, 3.8) is 0 Å². The summed E-state index contributed by atoms with van der Waals surface area (Å²) in [5, 5.41) is 3.24. The molecule has 0 bridgehead atoms.